The summed E-state index contributed by atoms with van der Waals surface area (Å²) in [6.45, 7) is 4.99. The number of hydrogen-bond donors (Lipinski definition) is 1. The molecule has 0 unspecified atom stereocenters. The second-order valence-corrected chi connectivity index (χ2v) is 3.52. The minimum Gasteiger partial charge on any atom is -0.411 e. The first-order valence-corrected chi connectivity index (χ1v) is 4.59. The summed E-state index contributed by atoms with van der Waals surface area (Å²) in [5.41, 5.74) is 0.781. The van der Waals surface area contributed by atoms with Crippen LogP contribution in [0.25, 0.3) is 0 Å². The second kappa shape index (κ2) is 4.25. The van der Waals surface area contributed by atoms with Crippen molar-refractivity contribution in [2.45, 2.75) is 26.7 Å². The van der Waals surface area contributed by atoms with E-state index >= 15 is 0 Å². The van der Waals surface area contributed by atoms with E-state index < -0.39 is 0 Å². The highest BCUT2D eigenvalue weighted by Crippen LogP contribution is 2.18. The molecule has 1 aliphatic heterocycles. The Balaban J connectivity index is 2.43. The van der Waals surface area contributed by atoms with E-state index in [0.29, 0.717) is 5.92 Å². The molecule has 0 radical (unpaired) electrons. The Morgan fingerprint density at radius 2 is 1.92 bits per heavy atom. The summed E-state index contributed by atoms with van der Waals surface area (Å²) in [5.74, 6) is 0.484. The van der Waals surface area contributed by atoms with Crippen LogP contribution >= 0.6 is 0 Å². The van der Waals surface area contributed by atoms with Gasteiger partial charge < -0.3 is 10.1 Å². The molecule has 1 N–H and O–H groups in total. The maximum Gasteiger partial charge on any atom is 0.219 e. The predicted octanol–water partition coefficient (Wildman–Crippen LogP) is 1.09. The van der Waals surface area contributed by atoms with Gasteiger partial charge in [-0.05, 0) is 19.8 Å². The van der Waals surface area contributed by atoms with Gasteiger partial charge in [0, 0.05) is 25.9 Å². The molecule has 1 rings (SSSR count). The van der Waals surface area contributed by atoms with Crippen molar-refractivity contribution in [3.05, 3.63) is 0 Å². The smallest absolute Gasteiger partial charge is 0.219 e. The van der Waals surface area contributed by atoms with Gasteiger partial charge in [0.1, 0.15) is 0 Å². The minimum atomic E-state index is 0.136. The third kappa shape index (κ3) is 2.44. The number of nitrogens with zero attached hydrogens (tertiary/aromatic N) is 2. The number of piperidine rings is 1. The standard InChI is InChI=1S/C9H16N2O2/c1-7(10-13)9-3-5-11(6-4-9)8(2)12/h9,13H,3-6H2,1-2H3. The Labute approximate surface area is 78.2 Å². The Bertz CT molecular complexity index is 218. The summed E-state index contributed by atoms with van der Waals surface area (Å²) < 4.78 is 0. The number of oxime groups is 1. The summed E-state index contributed by atoms with van der Waals surface area (Å²) >= 11 is 0. The topological polar surface area (TPSA) is 52.9 Å². The number of rotatable bonds is 1. The van der Waals surface area contributed by atoms with E-state index in [1.807, 2.05) is 11.8 Å². The molecule has 0 bridgehead atoms. The summed E-state index contributed by atoms with van der Waals surface area (Å²) in [6.07, 6.45) is 1.82. The number of carbonyl (C=O) groups excluding carboxylic acids is 1. The molecule has 13 heavy (non-hydrogen) atoms. The SMILES string of the molecule is CC(=O)N1CCC(C(C)=NO)CC1. The molecule has 1 fully saturated rings. The van der Waals surface area contributed by atoms with Crippen LogP contribution in [0.3, 0.4) is 0 Å². The van der Waals surface area contributed by atoms with Gasteiger partial charge in [-0.3, -0.25) is 4.79 Å². The number of amides is 1. The molecule has 0 aromatic heterocycles. The highest BCUT2D eigenvalue weighted by molar-refractivity contribution is 5.84. The molecule has 1 saturated heterocycles. The first kappa shape index (κ1) is 10.0. The quantitative estimate of drug-likeness (QED) is 0.377. The molecule has 1 heterocycles. The fourth-order valence-electron chi connectivity index (χ4n) is 1.69. The van der Waals surface area contributed by atoms with Crippen molar-refractivity contribution in [3.63, 3.8) is 0 Å². The maximum atomic E-state index is 11.0. The lowest BCUT2D eigenvalue weighted by Gasteiger charge is -2.30. The van der Waals surface area contributed by atoms with Crippen LogP contribution in [0.1, 0.15) is 26.7 Å². The van der Waals surface area contributed by atoms with Crippen molar-refractivity contribution in [1.29, 1.82) is 0 Å². The third-order valence-corrected chi connectivity index (χ3v) is 2.69. The van der Waals surface area contributed by atoms with E-state index in [4.69, 9.17) is 5.21 Å². The number of carbonyl (C=O) groups is 1. The second-order valence-electron chi connectivity index (χ2n) is 3.52. The van der Waals surface area contributed by atoms with Crippen LogP contribution < -0.4 is 0 Å². The molecule has 0 atom stereocenters. The molecule has 74 valence electrons. The van der Waals surface area contributed by atoms with Crippen LogP contribution in [0, 0.1) is 5.92 Å². The lowest BCUT2D eigenvalue weighted by atomic mass is 9.93. The van der Waals surface area contributed by atoms with E-state index in [2.05, 4.69) is 5.16 Å². The van der Waals surface area contributed by atoms with Crippen molar-refractivity contribution in [1.82, 2.24) is 4.90 Å². The van der Waals surface area contributed by atoms with Crippen molar-refractivity contribution in [2.75, 3.05) is 13.1 Å². The summed E-state index contributed by atoms with van der Waals surface area (Å²) in [7, 11) is 0. The zero-order valence-electron chi connectivity index (χ0n) is 8.16. The average molecular weight is 184 g/mol. The molecule has 4 nitrogen and oxygen atoms in total. The zero-order valence-corrected chi connectivity index (χ0v) is 8.16. The molecule has 1 amide bonds. The lowest BCUT2D eigenvalue weighted by molar-refractivity contribution is -0.129. The first-order chi connectivity index (χ1) is 6.15. The van der Waals surface area contributed by atoms with Crippen molar-refractivity contribution in [2.24, 2.45) is 11.1 Å². The van der Waals surface area contributed by atoms with Gasteiger partial charge in [-0.25, -0.2) is 0 Å². The summed E-state index contributed by atoms with van der Waals surface area (Å²) in [5, 5.41) is 11.8. The van der Waals surface area contributed by atoms with Gasteiger partial charge in [0.25, 0.3) is 0 Å². The molecule has 0 aromatic rings. The van der Waals surface area contributed by atoms with Crippen molar-refractivity contribution in [3.8, 4) is 0 Å². The van der Waals surface area contributed by atoms with Gasteiger partial charge >= 0.3 is 0 Å². The van der Waals surface area contributed by atoms with E-state index in [1.165, 1.54) is 0 Å². The van der Waals surface area contributed by atoms with Gasteiger partial charge in [-0.15, -0.1) is 0 Å². The fourth-order valence-corrected chi connectivity index (χ4v) is 1.69. The number of hydrogen-bond acceptors (Lipinski definition) is 3. The highest BCUT2D eigenvalue weighted by atomic mass is 16.4. The lowest BCUT2D eigenvalue weighted by Crippen LogP contribution is -2.38. The number of likely N-dealkylation sites (tertiary alicyclic amines) is 1. The Hall–Kier alpha value is -1.06. The van der Waals surface area contributed by atoms with Crippen LogP contribution in [0.2, 0.25) is 0 Å². The first-order valence-electron chi connectivity index (χ1n) is 4.59. The normalized spacial score (nSPS) is 20.5. The summed E-state index contributed by atoms with van der Waals surface area (Å²) in [6, 6.07) is 0. The Morgan fingerprint density at radius 1 is 1.38 bits per heavy atom. The van der Waals surface area contributed by atoms with E-state index in [1.54, 1.807) is 6.92 Å². The largest absolute Gasteiger partial charge is 0.411 e. The van der Waals surface area contributed by atoms with Crippen LogP contribution in [0.5, 0.6) is 0 Å². The van der Waals surface area contributed by atoms with E-state index in [0.717, 1.165) is 31.6 Å². The van der Waals surface area contributed by atoms with Gasteiger partial charge in [0.15, 0.2) is 0 Å². The Kier molecular flexibility index (Phi) is 3.28. The molecule has 0 spiro atoms. The average Bonchev–Trinajstić information content (AvgIpc) is 2.17. The monoisotopic (exact) mass is 184 g/mol. The van der Waals surface area contributed by atoms with Crippen molar-refractivity contribution >= 4 is 11.6 Å². The molecule has 4 heteroatoms. The molecule has 0 aromatic carbocycles. The van der Waals surface area contributed by atoms with Crippen LogP contribution in [-0.2, 0) is 4.79 Å². The molecular formula is C9H16N2O2. The van der Waals surface area contributed by atoms with E-state index in [9.17, 15) is 4.79 Å². The van der Waals surface area contributed by atoms with Gasteiger partial charge in [-0.1, -0.05) is 5.16 Å². The zero-order chi connectivity index (χ0) is 9.84. The molecular weight excluding hydrogens is 168 g/mol. The van der Waals surface area contributed by atoms with Crippen LogP contribution in [0.4, 0.5) is 0 Å². The Morgan fingerprint density at radius 3 is 2.31 bits per heavy atom. The molecule has 1 aliphatic rings. The van der Waals surface area contributed by atoms with E-state index in [-0.39, 0.29) is 5.91 Å². The molecule has 0 saturated carbocycles. The third-order valence-electron chi connectivity index (χ3n) is 2.69. The molecule has 0 aliphatic carbocycles. The van der Waals surface area contributed by atoms with Crippen LogP contribution in [-0.4, -0.2) is 34.8 Å². The fraction of sp³-hybridized carbons (Fsp3) is 0.778. The van der Waals surface area contributed by atoms with Crippen molar-refractivity contribution < 1.29 is 10.0 Å². The highest BCUT2D eigenvalue weighted by Gasteiger charge is 2.22. The van der Waals surface area contributed by atoms with Crippen LogP contribution in [0.15, 0.2) is 5.16 Å². The predicted molar refractivity (Wildman–Crippen MR) is 49.9 cm³/mol. The van der Waals surface area contributed by atoms with Gasteiger partial charge in [0.05, 0.1) is 5.71 Å². The summed E-state index contributed by atoms with van der Waals surface area (Å²) in [4.78, 5) is 12.8. The van der Waals surface area contributed by atoms with Gasteiger partial charge in [-0.2, -0.15) is 0 Å². The van der Waals surface area contributed by atoms with Gasteiger partial charge in [0.2, 0.25) is 5.91 Å². The maximum absolute atomic E-state index is 11.0. The minimum absolute atomic E-state index is 0.136.